The van der Waals surface area contributed by atoms with Gasteiger partial charge in [0.2, 0.25) is 0 Å². The van der Waals surface area contributed by atoms with Crippen molar-refractivity contribution in [3.63, 3.8) is 0 Å². The van der Waals surface area contributed by atoms with E-state index in [4.69, 9.17) is 0 Å². The smallest absolute Gasteiger partial charge is 0.166 e. The first-order chi connectivity index (χ1) is 5.93. The van der Waals surface area contributed by atoms with Crippen molar-refractivity contribution >= 4 is 45.2 Å². The molecule has 0 spiro atoms. The highest BCUT2D eigenvalue weighted by Gasteiger charge is 2.30. The van der Waals surface area contributed by atoms with Crippen LogP contribution in [0.2, 0.25) is 0 Å². The van der Waals surface area contributed by atoms with E-state index in [0.29, 0.717) is 13.6 Å². The Hall–Kier alpha value is 0.470. The van der Waals surface area contributed by atoms with Gasteiger partial charge in [-0.1, -0.05) is 22.6 Å². The zero-order chi connectivity index (χ0) is 10.1. The third kappa shape index (κ3) is 3.26. The summed E-state index contributed by atoms with van der Waals surface area (Å²) in [6.45, 7) is 0. The van der Waals surface area contributed by atoms with Gasteiger partial charge in [-0.15, -0.1) is 0 Å². The fourth-order valence-corrected chi connectivity index (χ4v) is 2.07. The molecule has 5 heteroatoms. The molecule has 0 atom stereocenters. The van der Waals surface area contributed by atoms with E-state index in [2.05, 4.69) is 0 Å². The lowest BCUT2D eigenvalue weighted by Gasteiger charge is -2.08. The average Bonchev–Trinajstić information content (AvgIpc) is 2.01. The first-order valence-corrected chi connectivity index (χ1v) is 5.96. The minimum absolute atomic E-state index is 0.564. The minimum atomic E-state index is -4.23. The van der Waals surface area contributed by atoms with Crippen LogP contribution in [0.5, 0.6) is 0 Å². The number of rotatable bonds is 1. The van der Waals surface area contributed by atoms with Crippen molar-refractivity contribution < 1.29 is 13.2 Å². The average molecular weight is 412 g/mol. The standard InChI is InChI=1S/C8H5F3I2/c9-8(10,11)6-1-5(4-12)2-7(13)3-6/h1-3H,4H2. The molecule has 1 aromatic rings. The van der Waals surface area contributed by atoms with Gasteiger partial charge < -0.3 is 0 Å². The van der Waals surface area contributed by atoms with E-state index < -0.39 is 11.7 Å². The molecule has 0 bridgehead atoms. The Bertz CT molecular complexity index is 307. The van der Waals surface area contributed by atoms with E-state index in [9.17, 15) is 13.2 Å². The van der Waals surface area contributed by atoms with E-state index in [1.807, 2.05) is 45.2 Å². The van der Waals surface area contributed by atoms with Crippen LogP contribution in [0.3, 0.4) is 0 Å². The van der Waals surface area contributed by atoms with E-state index in [0.717, 1.165) is 6.07 Å². The SMILES string of the molecule is FC(F)(F)c1cc(I)cc(CI)c1. The van der Waals surface area contributed by atoms with Gasteiger partial charge in [-0.3, -0.25) is 0 Å². The van der Waals surface area contributed by atoms with Gasteiger partial charge in [0, 0.05) is 8.00 Å². The van der Waals surface area contributed by atoms with Crippen LogP contribution in [0.4, 0.5) is 13.2 Å². The molecule has 0 aliphatic heterocycles. The van der Waals surface area contributed by atoms with Crippen LogP contribution in [0, 0.1) is 3.57 Å². The highest BCUT2D eigenvalue weighted by Crippen LogP contribution is 2.31. The van der Waals surface area contributed by atoms with Crippen LogP contribution in [0.15, 0.2) is 18.2 Å². The van der Waals surface area contributed by atoms with Gasteiger partial charge in [0.25, 0.3) is 0 Å². The second-order valence-corrected chi connectivity index (χ2v) is 4.49. The van der Waals surface area contributed by atoms with Crippen LogP contribution in [-0.4, -0.2) is 0 Å². The Labute approximate surface area is 101 Å². The van der Waals surface area contributed by atoms with Gasteiger partial charge in [0.1, 0.15) is 0 Å². The highest BCUT2D eigenvalue weighted by molar-refractivity contribution is 14.1. The van der Waals surface area contributed by atoms with Gasteiger partial charge in [-0.05, 0) is 46.4 Å². The topological polar surface area (TPSA) is 0 Å². The van der Waals surface area contributed by atoms with Crippen molar-refractivity contribution in [2.24, 2.45) is 0 Å². The van der Waals surface area contributed by atoms with E-state index in [1.54, 1.807) is 6.07 Å². The van der Waals surface area contributed by atoms with Gasteiger partial charge in [-0.25, -0.2) is 0 Å². The lowest BCUT2D eigenvalue weighted by Crippen LogP contribution is -2.05. The summed E-state index contributed by atoms with van der Waals surface area (Å²) in [6, 6.07) is 4.09. The van der Waals surface area contributed by atoms with Gasteiger partial charge >= 0.3 is 6.18 Å². The predicted molar refractivity (Wildman–Crippen MR) is 61.9 cm³/mol. The molecule has 0 fully saturated rings. The summed E-state index contributed by atoms with van der Waals surface area (Å²) in [4.78, 5) is 0. The van der Waals surface area contributed by atoms with Gasteiger partial charge in [0.15, 0.2) is 0 Å². The molecule has 1 aromatic carbocycles. The van der Waals surface area contributed by atoms with Crippen LogP contribution < -0.4 is 0 Å². The van der Waals surface area contributed by atoms with Gasteiger partial charge in [0.05, 0.1) is 5.56 Å². The van der Waals surface area contributed by atoms with Crippen molar-refractivity contribution in [2.75, 3.05) is 0 Å². The van der Waals surface area contributed by atoms with Crippen molar-refractivity contribution in [1.29, 1.82) is 0 Å². The molecule has 1 rings (SSSR count). The van der Waals surface area contributed by atoms with Crippen LogP contribution in [-0.2, 0) is 10.6 Å². The van der Waals surface area contributed by atoms with Crippen molar-refractivity contribution in [2.45, 2.75) is 10.6 Å². The molecule has 0 saturated carbocycles. The summed E-state index contributed by atoms with van der Waals surface area (Å²) in [5, 5.41) is 0. The van der Waals surface area contributed by atoms with Crippen molar-refractivity contribution in [3.8, 4) is 0 Å². The zero-order valence-corrected chi connectivity index (χ0v) is 10.6. The maximum absolute atomic E-state index is 12.3. The molecule has 0 amide bonds. The fourth-order valence-electron chi connectivity index (χ4n) is 0.891. The first kappa shape index (κ1) is 11.5. The normalized spacial score (nSPS) is 11.8. The quantitative estimate of drug-likeness (QED) is 0.479. The molecule has 0 radical (unpaired) electrons. The Morgan fingerprint density at radius 3 is 2.23 bits per heavy atom. The van der Waals surface area contributed by atoms with Crippen molar-refractivity contribution in [1.82, 2.24) is 0 Å². The molecule has 0 unspecified atom stereocenters. The molecule has 72 valence electrons. The van der Waals surface area contributed by atoms with E-state index in [-0.39, 0.29) is 0 Å². The van der Waals surface area contributed by atoms with Crippen LogP contribution in [0.25, 0.3) is 0 Å². The third-order valence-corrected chi connectivity index (χ3v) is 2.94. The second-order valence-electron chi connectivity index (χ2n) is 2.48. The molecule has 13 heavy (non-hydrogen) atoms. The maximum atomic E-state index is 12.3. The van der Waals surface area contributed by atoms with Crippen LogP contribution >= 0.6 is 45.2 Å². The van der Waals surface area contributed by atoms with Crippen molar-refractivity contribution in [3.05, 3.63) is 32.9 Å². The van der Waals surface area contributed by atoms with E-state index in [1.165, 1.54) is 6.07 Å². The number of hydrogen-bond acceptors (Lipinski definition) is 0. The van der Waals surface area contributed by atoms with Crippen LogP contribution in [0.1, 0.15) is 11.1 Å². The zero-order valence-electron chi connectivity index (χ0n) is 6.33. The summed E-state index contributed by atoms with van der Waals surface area (Å²) < 4.78 is 38.1. The number of hydrogen-bond donors (Lipinski definition) is 0. The molecule has 0 saturated heterocycles. The molecule has 0 heterocycles. The lowest BCUT2D eigenvalue weighted by atomic mass is 10.1. The second kappa shape index (κ2) is 4.33. The minimum Gasteiger partial charge on any atom is -0.166 e. The number of benzene rings is 1. The molecule has 0 N–H and O–H groups in total. The fraction of sp³-hybridized carbons (Fsp3) is 0.250. The largest absolute Gasteiger partial charge is 0.416 e. The lowest BCUT2D eigenvalue weighted by molar-refractivity contribution is -0.137. The molecule has 0 nitrogen and oxygen atoms in total. The molecule has 0 aromatic heterocycles. The molecule has 0 aliphatic carbocycles. The summed E-state index contributed by atoms with van der Waals surface area (Å²) >= 11 is 3.94. The first-order valence-electron chi connectivity index (χ1n) is 3.36. The highest BCUT2D eigenvalue weighted by atomic mass is 127. The molecular formula is C8H5F3I2. The maximum Gasteiger partial charge on any atom is 0.416 e. The Morgan fingerprint density at radius 1 is 1.15 bits per heavy atom. The number of halogens is 5. The number of alkyl halides is 4. The predicted octanol–water partition coefficient (Wildman–Crippen LogP) is 4.25. The Balaban J connectivity index is 3.16. The Kier molecular flexibility index (Phi) is 3.84. The van der Waals surface area contributed by atoms with E-state index >= 15 is 0 Å². The summed E-state index contributed by atoms with van der Waals surface area (Å²) in [5.41, 5.74) is 0.144. The summed E-state index contributed by atoms with van der Waals surface area (Å²) in [5.74, 6) is 0. The monoisotopic (exact) mass is 412 g/mol. The Morgan fingerprint density at radius 2 is 1.77 bits per heavy atom. The van der Waals surface area contributed by atoms with Gasteiger partial charge in [-0.2, -0.15) is 13.2 Å². The third-order valence-electron chi connectivity index (χ3n) is 1.44. The molecule has 0 aliphatic rings. The summed E-state index contributed by atoms with van der Waals surface area (Å²) in [7, 11) is 0. The summed E-state index contributed by atoms with van der Waals surface area (Å²) in [6.07, 6.45) is -4.23. The molecular weight excluding hydrogens is 407 g/mol.